The summed E-state index contributed by atoms with van der Waals surface area (Å²) in [4.78, 5) is 0. The van der Waals surface area contributed by atoms with Crippen LogP contribution in [-0.4, -0.2) is 17.2 Å². The molecule has 0 fully saturated rings. The molecule has 25 heavy (non-hydrogen) atoms. The number of fused-ring (bicyclic) bond motifs is 1. The molecule has 0 aromatic heterocycles. The molecule has 0 saturated carbocycles. The number of hydrogen-bond donors (Lipinski definition) is 2. The number of nitriles is 1. The van der Waals surface area contributed by atoms with E-state index in [-0.39, 0.29) is 6.04 Å². The summed E-state index contributed by atoms with van der Waals surface area (Å²) in [7, 11) is 0. The third-order valence-electron chi connectivity index (χ3n) is 4.61. The summed E-state index contributed by atoms with van der Waals surface area (Å²) in [6, 6.07) is 16.2. The Balaban J connectivity index is 1.83. The number of aliphatic hydroxyl groups excluding tert-OH is 1. The van der Waals surface area contributed by atoms with Crippen LogP contribution in [0.15, 0.2) is 42.5 Å². The van der Waals surface area contributed by atoms with Crippen LogP contribution in [0.5, 0.6) is 5.75 Å². The van der Waals surface area contributed by atoms with Gasteiger partial charge in [0.2, 0.25) is 0 Å². The van der Waals surface area contributed by atoms with Gasteiger partial charge in [-0.05, 0) is 35.6 Å². The number of nitrogens with one attached hydrogen (secondary N) is 1. The average molecular weight is 336 g/mol. The zero-order valence-corrected chi connectivity index (χ0v) is 14.7. The Bertz CT molecular complexity index is 765. The molecule has 4 nitrogen and oxygen atoms in total. The van der Waals surface area contributed by atoms with E-state index in [2.05, 4.69) is 25.2 Å². The predicted molar refractivity (Wildman–Crippen MR) is 97.3 cm³/mol. The third-order valence-corrected chi connectivity index (χ3v) is 4.61. The standard InChI is InChI=1S/C21H24N2O2/c1-14(2)23-19-10-8-16-17(21(19)24)9-11-20(18(16)12-22)25-13-15-6-4-3-5-7-15/h3-7,9,11,14,19,21,23-24H,8,10,13H2,1-2H3/t19-,21-/m0/s1. The van der Waals surface area contributed by atoms with Crippen molar-refractivity contribution in [1.29, 1.82) is 5.26 Å². The molecule has 0 unspecified atom stereocenters. The minimum atomic E-state index is -0.596. The van der Waals surface area contributed by atoms with Gasteiger partial charge in [-0.25, -0.2) is 0 Å². The van der Waals surface area contributed by atoms with Gasteiger partial charge in [0, 0.05) is 12.1 Å². The molecule has 0 amide bonds. The van der Waals surface area contributed by atoms with E-state index >= 15 is 0 Å². The first-order valence-electron chi connectivity index (χ1n) is 8.77. The van der Waals surface area contributed by atoms with Crippen molar-refractivity contribution in [2.75, 3.05) is 0 Å². The van der Waals surface area contributed by atoms with Crippen molar-refractivity contribution >= 4 is 0 Å². The van der Waals surface area contributed by atoms with E-state index in [1.807, 2.05) is 36.4 Å². The van der Waals surface area contributed by atoms with Gasteiger partial charge < -0.3 is 15.2 Å². The van der Waals surface area contributed by atoms with Gasteiger partial charge in [0.1, 0.15) is 18.4 Å². The summed E-state index contributed by atoms with van der Waals surface area (Å²) >= 11 is 0. The molecule has 0 spiro atoms. The van der Waals surface area contributed by atoms with Crippen molar-refractivity contribution in [3.05, 3.63) is 64.7 Å². The lowest BCUT2D eigenvalue weighted by Gasteiger charge is -2.33. The van der Waals surface area contributed by atoms with Crippen LogP contribution in [0.1, 0.15) is 48.6 Å². The van der Waals surface area contributed by atoms with Crippen molar-refractivity contribution in [3.63, 3.8) is 0 Å². The van der Waals surface area contributed by atoms with Gasteiger partial charge in [-0.3, -0.25) is 0 Å². The summed E-state index contributed by atoms with van der Waals surface area (Å²) in [5.74, 6) is 0.590. The van der Waals surface area contributed by atoms with Crippen LogP contribution in [0.2, 0.25) is 0 Å². The van der Waals surface area contributed by atoms with Crippen LogP contribution >= 0.6 is 0 Å². The van der Waals surface area contributed by atoms with Crippen molar-refractivity contribution in [3.8, 4) is 11.8 Å². The molecule has 3 rings (SSSR count). The van der Waals surface area contributed by atoms with E-state index in [4.69, 9.17) is 4.74 Å². The minimum Gasteiger partial charge on any atom is -0.488 e. The molecule has 2 aromatic carbocycles. The van der Waals surface area contributed by atoms with Crippen molar-refractivity contribution in [2.45, 2.75) is 51.5 Å². The maximum atomic E-state index is 10.7. The minimum absolute atomic E-state index is 0.0233. The fraction of sp³-hybridized carbons (Fsp3) is 0.381. The van der Waals surface area contributed by atoms with E-state index in [0.717, 1.165) is 29.5 Å². The monoisotopic (exact) mass is 336 g/mol. The maximum absolute atomic E-state index is 10.7. The molecule has 2 N–H and O–H groups in total. The van der Waals surface area contributed by atoms with E-state index in [9.17, 15) is 10.4 Å². The molecule has 2 atom stereocenters. The molecule has 4 heteroatoms. The van der Waals surface area contributed by atoms with Gasteiger partial charge in [0.25, 0.3) is 0 Å². The van der Waals surface area contributed by atoms with Gasteiger partial charge in [-0.15, -0.1) is 0 Å². The van der Waals surface area contributed by atoms with Crippen LogP contribution in [-0.2, 0) is 13.0 Å². The first kappa shape index (κ1) is 17.5. The maximum Gasteiger partial charge on any atom is 0.137 e. The van der Waals surface area contributed by atoms with E-state index in [0.29, 0.717) is 24.0 Å². The number of hydrogen-bond acceptors (Lipinski definition) is 4. The van der Waals surface area contributed by atoms with Gasteiger partial charge in [0.05, 0.1) is 11.7 Å². The molecule has 0 aliphatic heterocycles. The average Bonchev–Trinajstić information content (AvgIpc) is 2.62. The Morgan fingerprint density at radius 2 is 2.00 bits per heavy atom. The molecule has 1 aliphatic rings. The zero-order valence-electron chi connectivity index (χ0n) is 14.7. The Labute approximate surface area is 149 Å². The smallest absolute Gasteiger partial charge is 0.137 e. The van der Waals surface area contributed by atoms with Gasteiger partial charge in [-0.2, -0.15) is 5.26 Å². The number of benzene rings is 2. The summed E-state index contributed by atoms with van der Waals surface area (Å²) < 4.78 is 5.89. The molecule has 1 aliphatic carbocycles. The second-order valence-electron chi connectivity index (χ2n) is 6.80. The lowest BCUT2D eigenvalue weighted by atomic mass is 9.83. The number of nitrogens with zero attached hydrogens (tertiary/aromatic N) is 1. The van der Waals surface area contributed by atoms with Crippen LogP contribution in [0, 0.1) is 11.3 Å². The number of ether oxygens (including phenoxy) is 1. The normalized spacial score (nSPS) is 19.3. The Kier molecular flexibility index (Phi) is 5.37. The number of aliphatic hydroxyl groups is 1. The quantitative estimate of drug-likeness (QED) is 0.877. The lowest BCUT2D eigenvalue weighted by Crippen LogP contribution is -2.42. The van der Waals surface area contributed by atoms with Gasteiger partial charge in [-0.1, -0.05) is 50.2 Å². The zero-order chi connectivity index (χ0) is 17.8. The summed E-state index contributed by atoms with van der Waals surface area (Å²) in [5.41, 5.74) is 3.37. The van der Waals surface area contributed by atoms with E-state index in [1.165, 1.54) is 0 Å². The topological polar surface area (TPSA) is 65.3 Å². The van der Waals surface area contributed by atoms with E-state index in [1.54, 1.807) is 6.07 Å². The molecule has 0 saturated heterocycles. The van der Waals surface area contributed by atoms with Crippen LogP contribution in [0.3, 0.4) is 0 Å². The Morgan fingerprint density at radius 1 is 1.24 bits per heavy atom. The molecule has 0 heterocycles. The molecule has 0 bridgehead atoms. The highest BCUT2D eigenvalue weighted by Crippen LogP contribution is 2.36. The van der Waals surface area contributed by atoms with Crippen molar-refractivity contribution in [2.24, 2.45) is 0 Å². The second-order valence-corrected chi connectivity index (χ2v) is 6.80. The Morgan fingerprint density at radius 3 is 2.68 bits per heavy atom. The second kappa shape index (κ2) is 7.69. The third kappa shape index (κ3) is 3.84. The summed E-state index contributed by atoms with van der Waals surface area (Å²) in [6.07, 6.45) is 0.979. The highest BCUT2D eigenvalue weighted by molar-refractivity contribution is 5.54. The first-order chi connectivity index (χ1) is 12.1. The number of rotatable bonds is 5. The predicted octanol–water partition coefficient (Wildman–Crippen LogP) is 3.48. The first-order valence-corrected chi connectivity index (χ1v) is 8.77. The molecule has 2 aromatic rings. The van der Waals surface area contributed by atoms with Crippen molar-refractivity contribution in [1.82, 2.24) is 5.32 Å². The highest BCUT2D eigenvalue weighted by Gasteiger charge is 2.30. The van der Waals surface area contributed by atoms with E-state index < -0.39 is 6.10 Å². The fourth-order valence-electron chi connectivity index (χ4n) is 3.44. The van der Waals surface area contributed by atoms with Gasteiger partial charge in [0.15, 0.2) is 0 Å². The summed E-state index contributed by atoms with van der Waals surface area (Å²) in [5, 5.41) is 23.7. The van der Waals surface area contributed by atoms with Crippen molar-refractivity contribution < 1.29 is 9.84 Å². The summed E-state index contributed by atoms with van der Waals surface area (Å²) in [6.45, 7) is 4.57. The molecule has 130 valence electrons. The van der Waals surface area contributed by atoms with Gasteiger partial charge >= 0.3 is 0 Å². The molecule has 0 radical (unpaired) electrons. The van der Waals surface area contributed by atoms with Crippen LogP contribution < -0.4 is 10.1 Å². The SMILES string of the molecule is CC(C)N[C@H]1CCc2c(ccc(OCc3ccccc3)c2C#N)[C@@H]1O. The lowest BCUT2D eigenvalue weighted by molar-refractivity contribution is 0.110. The fourth-order valence-corrected chi connectivity index (χ4v) is 3.44. The Hall–Kier alpha value is -2.35. The van der Waals surface area contributed by atoms with Crippen LogP contribution in [0.4, 0.5) is 0 Å². The van der Waals surface area contributed by atoms with Crippen LogP contribution in [0.25, 0.3) is 0 Å². The largest absolute Gasteiger partial charge is 0.488 e. The highest BCUT2D eigenvalue weighted by atomic mass is 16.5. The molecular weight excluding hydrogens is 312 g/mol. The molecular formula is C21H24N2O2.